The molecule has 1 aromatic carbocycles. The molecule has 0 bridgehead atoms. The number of carbonyl (C=O) groups excluding carboxylic acids is 1. The van der Waals surface area contributed by atoms with Crippen LogP contribution in [0.25, 0.3) is 0 Å². The van der Waals surface area contributed by atoms with Gasteiger partial charge in [0, 0.05) is 12.0 Å². The van der Waals surface area contributed by atoms with Crippen LogP contribution in [0.5, 0.6) is 5.75 Å². The van der Waals surface area contributed by atoms with E-state index in [9.17, 15) is 13.6 Å². The molecule has 0 aromatic heterocycles. The van der Waals surface area contributed by atoms with Crippen LogP contribution < -0.4 is 4.74 Å². The van der Waals surface area contributed by atoms with Crippen molar-refractivity contribution >= 4 is 6.08 Å². The third-order valence-electron chi connectivity index (χ3n) is 2.23. The van der Waals surface area contributed by atoms with Gasteiger partial charge in [0.15, 0.2) is 0 Å². The van der Waals surface area contributed by atoms with Crippen molar-refractivity contribution in [3.8, 4) is 5.75 Å². The number of halogens is 2. The molecule has 0 atom stereocenters. The average molecular weight is 211 g/mol. The third-order valence-corrected chi connectivity index (χ3v) is 2.23. The Kier molecular flexibility index (Phi) is 2.25. The minimum atomic E-state index is -3.53. The maximum absolute atomic E-state index is 13.1. The molecule has 1 heterocycles. The Labute approximate surface area is 84.4 Å². The summed E-state index contributed by atoms with van der Waals surface area (Å²) in [5.74, 6) is 0.438. The summed E-state index contributed by atoms with van der Waals surface area (Å²) in [6, 6.07) is 0.492. The molecule has 0 saturated carbocycles. The van der Waals surface area contributed by atoms with Gasteiger partial charge in [-0.3, -0.25) is 0 Å². The highest BCUT2D eigenvalue weighted by atomic mass is 19.3. The predicted octanol–water partition coefficient (Wildman–Crippen LogP) is 2.01. The van der Waals surface area contributed by atoms with Crippen molar-refractivity contribution in [2.75, 3.05) is 6.61 Å². The monoisotopic (exact) mass is 211 g/mol. The molecule has 3 nitrogen and oxygen atoms in total. The highest BCUT2D eigenvalue weighted by Gasteiger charge is 2.32. The average Bonchev–Trinajstić information content (AvgIpc) is 2.63. The van der Waals surface area contributed by atoms with Crippen LogP contribution in [0.3, 0.4) is 0 Å². The van der Waals surface area contributed by atoms with Gasteiger partial charge in [-0.2, -0.15) is 8.78 Å². The second kappa shape index (κ2) is 3.44. The Bertz CT molecular complexity index is 439. The van der Waals surface area contributed by atoms with Gasteiger partial charge in [0.1, 0.15) is 5.75 Å². The summed E-state index contributed by atoms with van der Waals surface area (Å²) in [7, 11) is 0. The maximum Gasteiger partial charge on any atom is 0.379 e. The van der Waals surface area contributed by atoms with Crippen molar-refractivity contribution in [3.63, 3.8) is 0 Å². The number of aliphatic imine (C=N–C) groups is 1. The van der Waals surface area contributed by atoms with Gasteiger partial charge in [0.2, 0.25) is 6.08 Å². The van der Waals surface area contributed by atoms with E-state index in [1.807, 2.05) is 0 Å². The molecule has 0 unspecified atom stereocenters. The molecule has 0 spiro atoms. The lowest BCUT2D eigenvalue weighted by molar-refractivity contribution is 0.00598. The second-order valence-corrected chi connectivity index (χ2v) is 3.17. The van der Waals surface area contributed by atoms with Gasteiger partial charge in [0.25, 0.3) is 0 Å². The molecule has 0 N–H and O–H groups in total. The summed E-state index contributed by atoms with van der Waals surface area (Å²) in [5, 5.41) is 0. The molecule has 0 aliphatic carbocycles. The van der Waals surface area contributed by atoms with Gasteiger partial charge in [-0.15, -0.1) is 4.99 Å². The summed E-state index contributed by atoms with van der Waals surface area (Å²) in [6.45, 7) is 0.501. The minimum absolute atomic E-state index is 0.355. The fourth-order valence-corrected chi connectivity index (χ4v) is 1.48. The molecule has 2 rings (SSSR count). The van der Waals surface area contributed by atoms with E-state index in [0.717, 1.165) is 18.1 Å². The van der Waals surface area contributed by atoms with Gasteiger partial charge >= 0.3 is 6.05 Å². The van der Waals surface area contributed by atoms with Crippen LogP contribution in [0, 0.1) is 0 Å². The van der Waals surface area contributed by atoms with Gasteiger partial charge in [0.05, 0.1) is 6.61 Å². The summed E-state index contributed by atoms with van der Waals surface area (Å²) in [6.07, 6.45) is 1.58. The van der Waals surface area contributed by atoms with Crippen LogP contribution in [-0.2, 0) is 17.3 Å². The van der Waals surface area contributed by atoms with Crippen LogP contribution >= 0.6 is 0 Å². The molecule has 1 aliphatic heterocycles. The topological polar surface area (TPSA) is 38.7 Å². The summed E-state index contributed by atoms with van der Waals surface area (Å²) in [4.78, 5) is 12.3. The molecule has 0 saturated heterocycles. The number of benzene rings is 1. The van der Waals surface area contributed by atoms with Crippen LogP contribution in [0.15, 0.2) is 23.2 Å². The van der Waals surface area contributed by atoms with E-state index in [4.69, 9.17) is 4.74 Å². The minimum Gasteiger partial charge on any atom is -0.493 e. The Morgan fingerprint density at radius 2 is 2.27 bits per heavy atom. The Balaban J connectivity index is 2.42. The van der Waals surface area contributed by atoms with Crippen molar-refractivity contribution in [3.05, 3.63) is 29.3 Å². The molecular weight excluding hydrogens is 204 g/mol. The molecule has 0 amide bonds. The van der Waals surface area contributed by atoms with E-state index in [1.165, 1.54) is 12.1 Å². The molecule has 0 radical (unpaired) electrons. The fraction of sp³-hybridized carbons (Fsp3) is 0.300. The van der Waals surface area contributed by atoms with Crippen molar-refractivity contribution in [1.82, 2.24) is 0 Å². The zero-order valence-electron chi connectivity index (χ0n) is 7.67. The maximum atomic E-state index is 13.1. The number of alkyl halides is 2. The van der Waals surface area contributed by atoms with Crippen LogP contribution in [0.1, 0.15) is 11.1 Å². The Hall–Kier alpha value is -1.74. The number of isocyanates is 1. The Morgan fingerprint density at radius 1 is 1.47 bits per heavy atom. The standard InChI is InChI=1S/C10H7F2NO2/c11-10(12,13-6-14)8-2-1-7-3-4-15-9(7)5-8/h1-2,5H,3-4H2. The van der Waals surface area contributed by atoms with Crippen LogP contribution in [0.2, 0.25) is 0 Å². The number of hydrogen-bond acceptors (Lipinski definition) is 3. The highest BCUT2D eigenvalue weighted by Crippen LogP contribution is 2.34. The van der Waals surface area contributed by atoms with Crippen molar-refractivity contribution in [2.24, 2.45) is 4.99 Å². The molecule has 1 aliphatic rings. The number of fused-ring (bicyclic) bond motifs is 1. The first-order valence-corrected chi connectivity index (χ1v) is 4.36. The smallest absolute Gasteiger partial charge is 0.379 e. The van der Waals surface area contributed by atoms with E-state index < -0.39 is 6.05 Å². The number of hydrogen-bond donors (Lipinski definition) is 0. The molecule has 78 valence electrons. The SMILES string of the molecule is O=C=NC(F)(F)c1ccc2c(c1)OCC2. The van der Waals surface area contributed by atoms with Crippen LogP contribution in [0.4, 0.5) is 8.78 Å². The van der Waals surface area contributed by atoms with E-state index >= 15 is 0 Å². The summed E-state index contributed by atoms with van der Waals surface area (Å²) >= 11 is 0. The number of ether oxygens (including phenoxy) is 1. The van der Waals surface area contributed by atoms with Crippen molar-refractivity contribution < 1.29 is 18.3 Å². The van der Waals surface area contributed by atoms with Gasteiger partial charge in [-0.1, -0.05) is 12.1 Å². The molecule has 0 fully saturated rings. The van der Waals surface area contributed by atoms with E-state index in [2.05, 4.69) is 4.99 Å². The highest BCUT2D eigenvalue weighted by molar-refractivity contribution is 5.43. The zero-order chi connectivity index (χ0) is 10.9. The van der Waals surface area contributed by atoms with E-state index in [1.54, 1.807) is 6.07 Å². The van der Waals surface area contributed by atoms with E-state index in [-0.39, 0.29) is 5.56 Å². The first-order valence-electron chi connectivity index (χ1n) is 4.36. The molecule has 5 heteroatoms. The second-order valence-electron chi connectivity index (χ2n) is 3.17. The summed E-state index contributed by atoms with van der Waals surface area (Å²) < 4.78 is 31.4. The normalized spacial score (nSPS) is 14.0. The largest absolute Gasteiger partial charge is 0.493 e. The fourth-order valence-electron chi connectivity index (χ4n) is 1.48. The third kappa shape index (κ3) is 1.74. The number of rotatable bonds is 2. The Morgan fingerprint density at radius 3 is 3.00 bits per heavy atom. The van der Waals surface area contributed by atoms with Gasteiger partial charge in [-0.25, -0.2) is 4.79 Å². The number of nitrogens with zero attached hydrogens (tertiary/aromatic N) is 1. The molecule has 1 aromatic rings. The van der Waals surface area contributed by atoms with Crippen LogP contribution in [-0.4, -0.2) is 12.7 Å². The van der Waals surface area contributed by atoms with E-state index in [0.29, 0.717) is 12.4 Å². The van der Waals surface area contributed by atoms with Gasteiger partial charge in [-0.05, 0) is 11.6 Å². The van der Waals surface area contributed by atoms with Crippen molar-refractivity contribution in [2.45, 2.75) is 12.5 Å². The quantitative estimate of drug-likeness (QED) is 0.426. The first kappa shape index (κ1) is 9.80. The lowest BCUT2D eigenvalue weighted by atomic mass is 10.1. The predicted molar refractivity (Wildman–Crippen MR) is 47.7 cm³/mol. The lowest BCUT2D eigenvalue weighted by Crippen LogP contribution is -2.09. The lowest BCUT2D eigenvalue weighted by Gasteiger charge is -2.10. The van der Waals surface area contributed by atoms with Crippen molar-refractivity contribution in [1.29, 1.82) is 0 Å². The van der Waals surface area contributed by atoms with Gasteiger partial charge < -0.3 is 4.74 Å². The summed E-state index contributed by atoms with van der Waals surface area (Å²) in [5.41, 5.74) is 0.538. The molecular formula is C10H7F2NO2. The first-order chi connectivity index (χ1) is 7.13. The molecule has 15 heavy (non-hydrogen) atoms. The zero-order valence-corrected chi connectivity index (χ0v) is 7.67.